The SMILES string of the molecule is CN1CCC(N(C)C(=O)[C@]23CC[C@@](C)(C(=O)C2=O)C3(C)C)CC1. The molecule has 1 saturated heterocycles. The van der Waals surface area contributed by atoms with Gasteiger partial charge in [-0.3, -0.25) is 14.4 Å². The number of hydrogen-bond donors (Lipinski definition) is 0. The van der Waals surface area contributed by atoms with Crippen LogP contribution in [0.25, 0.3) is 0 Å². The molecule has 0 unspecified atom stereocenters. The predicted molar refractivity (Wildman–Crippen MR) is 86.9 cm³/mol. The van der Waals surface area contributed by atoms with Gasteiger partial charge in [0.15, 0.2) is 0 Å². The van der Waals surface area contributed by atoms with E-state index in [1.54, 1.807) is 4.90 Å². The first-order chi connectivity index (χ1) is 10.6. The van der Waals surface area contributed by atoms with Crippen molar-refractivity contribution >= 4 is 17.5 Å². The summed E-state index contributed by atoms with van der Waals surface area (Å²) in [5, 5.41) is 0. The number of amides is 1. The fraction of sp³-hybridized carbons (Fsp3) is 0.833. The van der Waals surface area contributed by atoms with Crippen LogP contribution in [0.3, 0.4) is 0 Å². The Hall–Kier alpha value is -1.23. The van der Waals surface area contributed by atoms with E-state index in [-0.39, 0.29) is 17.7 Å². The quantitative estimate of drug-likeness (QED) is 0.571. The maximum atomic E-state index is 13.4. The van der Waals surface area contributed by atoms with Gasteiger partial charge in [-0.05, 0) is 51.2 Å². The minimum Gasteiger partial charge on any atom is -0.342 e. The summed E-state index contributed by atoms with van der Waals surface area (Å²) in [4.78, 5) is 42.7. The molecule has 0 aromatic rings. The van der Waals surface area contributed by atoms with Crippen LogP contribution in [0.15, 0.2) is 0 Å². The van der Waals surface area contributed by atoms with Crippen LogP contribution in [-0.2, 0) is 14.4 Å². The molecule has 0 radical (unpaired) electrons. The number of fused-ring (bicyclic) bond motifs is 2. The molecule has 2 aliphatic carbocycles. The van der Waals surface area contributed by atoms with Crippen molar-refractivity contribution in [2.24, 2.45) is 16.2 Å². The maximum Gasteiger partial charge on any atom is 0.237 e. The fourth-order valence-corrected chi connectivity index (χ4v) is 5.09. The zero-order valence-corrected chi connectivity index (χ0v) is 14.9. The Balaban J connectivity index is 1.92. The van der Waals surface area contributed by atoms with Gasteiger partial charge < -0.3 is 9.80 Å². The molecule has 0 N–H and O–H groups in total. The van der Waals surface area contributed by atoms with Crippen molar-refractivity contribution in [3.05, 3.63) is 0 Å². The van der Waals surface area contributed by atoms with Crippen LogP contribution in [0.2, 0.25) is 0 Å². The van der Waals surface area contributed by atoms with Gasteiger partial charge in [0.1, 0.15) is 5.41 Å². The third-order valence-electron chi connectivity index (χ3n) is 7.46. The molecule has 1 aliphatic heterocycles. The summed E-state index contributed by atoms with van der Waals surface area (Å²) in [6, 6.07) is 0.166. The van der Waals surface area contributed by atoms with Gasteiger partial charge in [-0.15, -0.1) is 0 Å². The Bertz CT molecular complexity index is 577. The second kappa shape index (κ2) is 4.88. The van der Waals surface area contributed by atoms with Crippen LogP contribution in [-0.4, -0.2) is 60.5 Å². The Kier molecular flexibility index (Phi) is 3.53. The van der Waals surface area contributed by atoms with E-state index in [0.717, 1.165) is 25.9 Å². The smallest absolute Gasteiger partial charge is 0.237 e. The topological polar surface area (TPSA) is 57.7 Å². The molecule has 2 atom stereocenters. The Labute approximate surface area is 138 Å². The molecule has 128 valence electrons. The van der Waals surface area contributed by atoms with Gasteiger partial charge in [0.05, 0.1) is 0 Å². The van der Waals surface area contributed by atoms with Crippen LogP contribution >= 0.6 is 0 Å². The van der Waals surface area contributed by atoms with Crippen LogP contribution in [0, 0.1) is 16.2 Å². The first kappa shape index (κ1) is 16.6. The van der Waals surface area contributed by atoms with Gasteiger partial charge in [0, 0.05) is 18.5 Å². The third-order valence-corrected chi connectivity index (χ3v) is 7.46. The number of rotatable bonds is 2. The number of carbonyl (C=O) groups excluding carboxylic acids is 3. The summed E-state index contributed by atoms with van der Waals surface area (Å²) in [5.41, 5.74) is -2.44. The lowest BCUT2D eigenvalue weighted by atomic mass is 9.64. The minimum atomic E-state index is -1.14. The molecular formula is C18H28N2O3. The summed E-state index contributed by atoms with van der Waals surface area (Å²) >= 11 is 0. The maximum absolute atomic E-state index is 13.4. The van der Waals surface area contributed by atoms with E-state index in [4.69, 9.17) is 0 Å². The van der Waals surface area contributed by atoms with E-state index in [0.29, 0.717) is 12.8 Å². The number of nitrogens with zero attached hydrogens (tertiary/aromatic N) is 2. The van der Waals surface area contributed by atoms with Gasteiger partial charge in [0.2, 0.25) is 17.5 Å². The number of ketones is 2. The van der Waals surface area contributed by atoms with E-state index < -0.39 is 22.0 Å². The normalized spacial score (nSPS) is 37.4. The number of piperidine rings is 1. The van der Waals surface area contributed by atoms with Crippen molar-refractivity contribution in [2.45, 2.75) is 52.5 Å². The van der Waals surface area contributed by atoms with Gasteiger partial charge in [-0.25, -0.2) is 0 Å². The number of likely N-dealkylation sites (tertiary alicyclic amines) is 1. The van der Waals surface area contributed by atoms with Crippen molar-refractivity contribution in [1.82, 2.24) is 9.80 Å². The molecule has 23 heavy (non-hydrogen) atoms. The molecule has 5 heteroatoms. The van der Waals surface area contributed by atoms with E-state index in [2.05, 4.69) is 11.9 Å². The molecule has 2 bridgehead atoms. The Morgan fingerprint density at radius 2 is 1.65 bits per heavy atom. The lowest BCUT2D eigenvalue weighted by molar-refractivity contribution is -0.156. The molecule has 3 fully saturated rings. The van der Waals surface area contributed by atoms with Gasteiger partial charge in [0.25, 0.3) is 0 Å². The largest absolute Gasteiger partial charge is 0.342 e. The first-order valence-electron chi connectivity index (χ1n) is 8.64. The van der Waals surface area contributed by atoms with Crippen LogP contribution < -0.4 is 0 Å². The van der Waals surface area contributed by atoms with E-state index in [1.165, 1.54) is 0 Å². The van der Waals surface area contributed by atoms with Gasteiger partial charge in [-0.2, -0.15) is 0 Å². The van der Waals surface area contributed by atoms with E-state index in [9.17, 15) is 14.4 Å². The van der Waals surface area contributed by atoms with Crippen LogP contribution in [0.5, 0.6) is 0 Å². The highest BCUT2D eigenvalue weighted by atomic mass is 16.2. The monoisotopic (exact) mass is 320 g/mol. The molecule has 3 aliphatic rings. The predicted octanol–water partition coefficient (Wildman–Crippen LogP) is 1.50. The molecule has 5 nitrogen and oxygen atoms in total. The van der Waals surface area contributed by atoms with Gasteiger partial charge >= 0.3 is 0 Å². The average molecular weight is 320 g/mol. The Morgan fingerprint density at radius 3 is 2.13 bits per heavy atom. The highest BCUT2D eigenvalue weighted by molar-refractivity contribution is 6.48. The summed E-state index contributed by atoms with van der Waals surface area (Å²) < 4.78 is 0. The average Bonchev–Trinajstić information content (AvgIpc) is 2.79. The number of hydrogen-bond acceptors (Lipinski definition) is 4. The fourth-order valence-electron chi connectivity index (χ4n) is 5.09. The standard InChI is InChI=1S/C18H28N2O3/c1-16(2)17(3)8-9-18(16,14(22)13(17)21)15(23)20(5)12-6-10-19(4)11-7-12/h12H,6-11H2,1-5H3/t17-,18-/m0/s1. The molecule has 0 aromatic carbocycles. The number of Topliss-reactive ketones (excluding diaryl/α,β-unsaturated/α-hetero) is 2. The summed E-state index contributed by atoms with van der Waals surface area (Å²) in [5.74, 6) is -0.906. The Morgan fingerprint density at radius 1 is 1.09 bits per heavy atom. The highest BCUT2D eigenvalue weighted by Gasteiger charge is 2.78. The number of carbonyl (C=O) groups is 3. The molecule has 1 heterocycles. The van der Waals surface area contributed by atoms with Crippen molar-refractivity contribution in [2.75, 3.05) is 27.2 Å². The molecular weight excluding hydrogens is 292 g/mol. The second-order valence-corrected chi connectivity index (χ2v) is 8.47. The summed E-state index contributed by atoms with van der Waals surface area (Å²) in [6.45, 7) is 7.66. The van der Waals surface area contributed by atoms with Crippen LogP contribution in [0.4, 0.5) is 0 Å². The molecule has 0 aromatic heterocycles. The van der Waals surface area contributed by atoms with E-state index >= 15 is 0 Å². The highest BCUT2D eigenvalue weighted by Crippen LogP contribution is 2.69. The molecule has 3 rings (SSSR count). The molecule has 2 saturated carbocycles. The summed E-state index contributed by atoms with van der Waals surface area (Å²) in [6.07, 6.45) is 3.00. The van der Waals surface area contributed by atoms with Crippen LogP contribution in [0.1, 0.15) is 46.5 Å². The summed E-state index contributed by atoms with van der Waals surface area (Å²) in [7, 11) is 3.90. The van der Waals surface area contributed by atoms with Crippen molar-refractivity contribution in [1.29, 1.82) is 0 Å². The minimum absolute atomic E-state index is 0.128. The van der Waals surface area contributed by atoms with Crippen molar-refractivity contribution in [3.8, 4) is 0 Å². The molecule has 1 amide bonds. The molecule has 0 spiro atoms. The first-order valence-corrected chi connectivity index (χ1v) is 8.64. The zero-order valence-electron chi connectivity index (χ0n) is 14.9. The second-order valence-electron chi connectivity index (χ2n) is 8.47. The van der Waals surface area contributed by atoms with Crippen molar-refractivity contribution < 1.29 is 14.4 Å². The van der Waals surface area contributed by atoms with E-state index in [1.807, 2.05) is 27.8 Å². The lowest BCUT2D eigenvalue weighted by Crippen LogP contribution is -2.55. The third kappa shape index (κ3) is 1.80. The van der Waals surface area contributed by atoms with Crippen molar-refractivity contribution in [3.63, 3.8) is 0 Å². The zero-order chi connectivity index (χ0) is 17.2. The lowest BCUT2D eigenvalue weighted by Gasteiger charge is -2.42. The van der Waals surface area contributed by atoms with Gasteiger partial charge in [-0.1, -0.05) is 20.8 Å².